The molecule has 0 spiro atoms. The lowest BCUT2D eigenvalue weighted by molar-refractivity contribution is -0.264. The van der Waals surface area contributed by atoms with Crippen molar-refractivity contribution in [3.8, 4) is 0 Å². The fraction of sp³-hybridized carbons (Fsp3) is 0.950. The minimum atomic E-state index is -0.236. The number of aldehydes is 1. The van der Waals surface area contributed by atoms with Crippen molar-refractivity contribution in [3.05, 3.63) is 0 Å². The van der Waals surface area contributed by atoms with Crippen LogP contribution in [0.5, 0.6) is 0 Å². The Morgan fingerprint density at radius 1 is 0.955 bits per heavy atom. The van der Waals surface area contributed by atoms with Crippen molar-refractivity contribution in [1.82, 2.24) is 0 Å². The zero-order chi connectivity index (χ0) is 16.2. The van der Waals surface area contributed by atoms with Gasteiger partial charge in [-0.2, -0.15) is 0 Å². The summed E-state index contributed by atoms with van der Waals surface area (Å²) in [5.41, 5.74) is 0.615. The van der Waals surface area contributed by atoms with Crippen LogP contribution in [-0.4, -0.2) is 17.5 Å². The quantitative estimate of drug-likeness (QED) is 0.660. The summed E-state index contributed by atoms with van der Waals surface area (Å²) >= 11 is 0. The summed E-state index contributed by atoms with van der Waals surface area (Å²) < 4.78 is 6.66. The highest BCUT2D eigenvalue weighted by Crippen LogP contribution is 2.65. The highest BCUT2D eigenvalue weighted by molar-refractivity contribution is 5.51. The minimum Gasteiger partial charge on any atom is -0.368 e. The van der Waals surface area contributed by atoms with Crippen LogP contribution in [0.4, 0.5) is 0 Å². The van der Waals surface area contributed by atoms with E-state index in [1.807, 2.05) is 0 Å². The molecule has 3 fully saturated rings. The normalized spacial score (nSPS) is 50.8. The molecule has 0 aromatic heterocycles. The van der Waals surface area contributed by atoms with Gasteiger partial charge in [-0.3, -0.25) is 0 Å². The van der Waals surface area contributed by atoms with Crippen molar-refractivity contribution >= 4 is 6.29 Å². The molecule has 0 unspecified atom stereocenters. The van der Waals surface area contributed by atoms with Gasteiger partial charge in [0.1, 0.15) is 6.29 Å². The molecule has 0 aromatic carbocycles. The molecule has 0 amide bonds. The number of rotatable bonds is 2. The minimum absolute atomic E-state index is 0.0331. The second kappa shape index (κ2) is 5.06. The van der Waals surface area contributed by atoms with Crippen molar-refractivity contribution in [2.75, 3.05) is 0 Å². The second-order valence-electron chi connectivity index (χ2n) is 9.77. The molecule has 1 heterocycles. The lowest BCUT2D eigenvalue weighted by Crippen LogP contribution is -2.62. The van der Waals surface area contributed by atoms with Gasteiger partial charge in [0.15, 0.2) is 0 Å². The zero-order valence-corrected chi connectivity index (χ0v) is 15.2. The van der Waals surface area contributed by atoms with Crippen LogP contribution in [0.25, 0.3) is 0 Å². The topological polar surface area (TPSA) is 26.3 Å². The molecule has 22 heavy (non-hydrogen) atoms. The maximum Gasteiger partial charge on any atom is 0.122 e. The Morgan fingerprint density at radius 3 is 2.32 bits per heavy atom. The molecule has 3 rings (SSSR count). The van der Waals surface area contributed by atoms with E-state index >= 15 is 0 Å². The molecule has 2 nitrogen and oxygen atoms in total. The number of carbonyl (C=O) groups excluding carboxylic acids is 1. The largest absolute Gasteiger partial charge is 0.368 e. The van der Waals surface area contributed by atoms with Crippen LogP contribution in [0.15, 0.2) is 0 Å². The summed E-state index contributed by atoms with van der Waals surface area (Å²) in [5.74, 6) is 1.48. The maximum atomic E-state index is 11.0. The molecule has 0 N–H and O–H groups in total. The SMILES string of the molecule is CC1(C)CCC[C@]2(C)[C@@H]1CC[C@]1(C)O[C@@](C)(CC=O)CC[C@@H]21. The van der Waals surface area contributed by atoms with Crippen molar-refractivity contribution in [1.29, 1.82) is 0 Å². The van der Waals surface area contributed by atoms with Crippen molar-refractivity contribution in [2.24, 2.45) is 22.7 Å². The van der Waals surface area contributed by atoms with Gasteiger partial charge in [0.2, 0.25) is 0 Å². The van der Waals surface area contributed by atoms with Gasteiger partial charge in [-0.05, 0) is 75.0 Å². The highest BCUT2D eigenvalue weighted by Gasteiger charge is 2.61. The average molecular weight is 306 g/mol. The lowest BCUT2D eigenvalue weighted by Gasteiger charge is -2.65. The molecule has 2 heteroatoms. The number of hydrogen-bond acceptors (Lipinski definition) is 2. The number of carbonyl (C=O) groups is 1. The first-order chi connectivity index (χ1) is 10.2. The van der Waals surface area contributed by atoms with Gasteiger partial charge in [-0.15, -0.1) is 0 Å². The van der Waals surface area contributed by atoms with Crippen molar-refractivity contribution in [2.45, 2.75) is 97.2 Å². The van der Waals surface area contributed by atoms with E-state index in [2.05, 4.69) is 34.6 Å². The third kappa shape index (κ3) is 2.37. The Hall–Kier alpha value is -0.370. The zero-order valence-electron chi connectivity index (χ0n) is 15.2. The van der Waals surface area contributed by atoms with Gasteiger partial charge in [-0.1, -0.05) is 27.2 Å². The Bertz CT molecular complexity index is 457. The van der Waals surface area contributed by atoms with Gasteiger partial charge in [0.25, 0.3) is 0 Å². The Balaban J connectivity index is 1.90. The van der Waals surface area contributed by atoms with E-state index in [1.165, 1.54) is 32.1 Å². The van der Waals surface area contributed by atoms with Crippen LogP contribution in [0.3, 0.4) is 0 Å². The third-order valence-corrected chi connectivity index (χ3v) is 7.70. The predicted molar refractivity (Wildman–Crippen MR) is 89.8 cm³/mol. The first kappa shape index (κ1) is 16.5. The molecule has 126 valence electrons. The predicted octanol–water partition coefficient (Wildman–Crippen LogP) is 5.15. The van der Waals surface area contributed by atoms with E-state index in [0.29, 0.717) is 23.2 Å². The van der Waals surface area contributed by atoms with Crippen LogP contribution in [0.1, 0.15) is 86.0 Å². The van der Waals surface area contributed by atoms with E-state index in [1.54, 1.807) is 0 Å². The molecule has 5 atom stereocenters. The molecular weight excluding hydrogens is 272 g/mol. The first-order valence-corrected chi connectivity index (χ1v) is 9.29. The van der Waals surface area contributed by atoms with E-state index in [4.69, 9.17) is 4.74 Å². The molecule has 2 aliphatic carbocycles. The van der Waals surface area contributed by atoms with Crippen LogP contribution in [0.2, 0.25) is 0 Å². The molecule has 3 aliphatic rings. The molecule has 0 bridgehead atoms. The first-order valence-electron chi connectivity index (χ1n) is 9.29. The Morgan fingerprint density at radius 2 is 1.64 bits per heavy atom. The van der Waals surface area contributed by atoms with Crippen molar-refractivity contribution < 1.29 is 9.53 Å². The second-order valence-corrected chi connectivity index (χ2v) is 9.77. The maximum absolute atomic E-state index is 11.0. The Kier molecular flexibility index (Phi) is 3.79. The van der Waals surface area contributed by atoms with E-state index < -0.39 is 0 Å². The molecule has 0 aromatic rings. The lowest BCUT2D eigenvalue weighted by atomic mass is 9.44. The van der Waals surface area contributed by atoms with Gasteiger partial charge in [-0.25, -0.2) is 0 Å². The van der Waals surface area contributed by atoms with E-state index in [0.717, 1.165) is 25.0 Å². The number of ether oxygens (including phenoxy) is 1. The molecule has 2 saturated carbocycles. The van der Waals surface area contributed by atoms with E-state index in [-0.39, 0.29) is 11.2 Å². The molecule has 1 saturated heterocycles. The van der Waals surface area contributed by atoms with Crippen molar-refractivity contribution in [3.63, 3.8) is 0 Å². The van der Waals surface area contributed by atoms with Gasteiger partial charge < -0.3 is 9.53 Å². The highest BCUT2D eigenvalue weighted by atomic mass is 16.5. The summed E-state index contributed by atoms with van der Waals surface area (Å²) in [6.45, 7) is 12.0. The van der Waals surface area contributed by atoms with Gasteiger partial charge in [0.05, 0.1) is 11.2 Å². The number of hydrogen-bond donors (Lipinski definition) is 0. The van der Waals surface area contributed by atoms with Crippen LogP contribution >= 0.6 is 0 Å². The summed E-state index contributed by atoms with van der Waals surface area (Å²) in [6.07, 6.45) is 10.4. The van der Waals surface area contributed by atoms with Gasteiger partial charge >= 0.3 is 0 Å². The summed E-state index contributed by atoms with van der Waals surface area (Å²) in [5, 5.41) is 0. The van der Waals surface area contributed by atoms with Crippen LogP contribution < -0.4 is 0 Å². The summed E-state index contributed by atoms with van der Waals surface area (Å²) in [4.78, 5) is 11.0. The average Bonchev–Trinajstić information content (AvgIpc) is 2.36. The fourth-order valence-corrected chi connectivity index (χ4v) is 6.75. The summed E-state index contributed by atoms with van der Waals surface area (Å²) in [6, 6.07) is 0. The number of fused-ring (bicyclic) bond motifs is 3. The molecular formula is C20H34O2. The fourth-order valence-electron chi connectivity index (χ4n) is 6.75. The van der Waals surface area contributed by atoms with E-state index in [9.17, 15) is 4.79 Å². The van der Waals surface area contributed by atoms with Crippen LogP contribution in [-0.2, 0) is 9.53 Å². The van der Waals surface area contributed by atoms with Gasteiger partial charge in [0, 0.05) is 6.42 Å². The molecule has 0 radical (unpaired) electrons. The monoisotopic (exact) mass is 306 g/mol. The summed E-state index contributed by atoms with van der Waals surface area (Å²) in [7, 11) is 0. The molecule has 1 aliphatic heterocycles. The smallest absolute Gasteiger partial charge is 0.122 e. The standard InChI is InChI=1S/C20H34O2/c1-17(2)9-6-10-19(4)15(17)8-12-20(5)16(19)7-11-18(3,22-20)13-14-21/h14-16H,6-13H2,1-5H3/t15-,16+,18-,19-,20+/m1/s1. The third-order valence-electron chi connectivity index (χ3n) is 7.70. The Labute approximate surface area is 136 Å². The van der Waals surface area contributed by atoms with Crippen LogP contribution in [0, 0.1) is 22.7 Å².